The Hall–Kier alpha value is -0.710. The fourth-order valence-corrected chi connectivity index (χ4v) is 2.63. The van der Waals surface area contributed by atoms with Gasteiger partial charge in [0, 0.05) is 29.8 Å². The standard InChI is InChI=1S/C11H7BrClNOS/c12-11-4-8(6-16-11)10(15)3-7-1-2-14-5-9(7)13/h1-2,4-6H,3H2. The number of rotatable bonds is 3. The number of aromatic nitrogens is 1. The summed E-state index contributed by atoms with van der Waals surface area (Å²) in [5, 5.41) is 2.37. The molecule has 2 rings (SSSR count). The molecular formula is C11H7BrClNOS. The Labute approximate surface area is 110 Å². The topological polar surface area (TPSA) is 30.0 Å². The first kappa shape index (κ1) is 11.8. The van der Waals surface area contributed by atoms with Crippen LogP contribution in [0.2, 0.25) is 5.02 Å². The number of halogens is 2. The van der Waals surface area contributed by atoms with Crippen LogP contribution in [-0.4, -0.2) is 10.8 Å². The molecule has 82 valence electrons. The monoisotopic (exact) mass is 315 g/mol. The van der Waals surface area contributed by atoms with Gasteiger partial charge in [-0.05, 0) is 33.6 Å². The van der Waals surface area contributed by atoms with E-state index in [0.29, 0.717) is 17.0 Å². The molecule has 0 saturated heterocycles. The van der Waals surface area contributed by atoms with E-state index in [2.05, 4.69) is 20.9 Å². The van der Waals surface area contributed by atoms with Crippen LogP contribution in [0.1, 0.15) is 15.9 Å². The average molecular weight is 317 g/mol. The van der Waals surface area contributed by atoms with Crippen molar-refractivity contribution in [1.82, 2.24) is 4.98 Å². The smallest absolute Gasteiger partial charge is 0.168 e. The lowest BCUT2D eigenvalue weighted by Crippen LogP contribution is -2.02. The molecule has 0 bridgehead atoms. The normalized spacial score (nSPS) is 10.4. The van der Waals surface area contributed by atoms with Gasteiger partial charge in [0.05, 0.1) is 8.81 Å². The lowest BCUT2D eigenvalue weighted by molar-refractivity contribution is 0.0993. The van der Waals surface area contributed by atoms with Gasteiger partial charge < -0.3 is 0 Å². The summed E-state index contributed by atoms with van der Waals surface area (Å²) < 4.78 is 0.955. The van der Waals surface area contributed by atoms with Crippen LogP contribution in [0.4, 0.5) is 0 Å². The summed E-state index contributed by atoms with van der Waals surface area (Å²) >= 11 is 10.8. The van der Waals surface area contributed by atoms with E-state index in [1.165, 1.54) is 11.3 Å². The fraction of sp³-hybridized carbons (Fsp3) is 0.0909. The highest BCUT2D eigenvalue weighted by atomic mass is 79.9. The fourth-order valence-electron chi connectivity index (χ4n) is 1.28. The zero-order chi connectivity index (χ0) is 11.5. The number of hydrogen-bond donors (Lipinski definition) is 0. The third-order valence-corrected chi connectivity index (χ3v) is 3.94. The maximum absolute atomic E-state index is 11.9. The van der Waals surface area contributed by atoms with Gasteiger partial charge >= 0.3 is 0 Å². The van der Waals surface area contributed by atoms with Crippen LogP contribution in [-0.2, 0) is 6.42 Å². The number of Topliss-reactive ketones (excluding diaryl/α,β-unsaturated/α-hetero) is 1. The van der Waals surface area contributed by atoms with Gasteiger partial charge in [0.25, 0.3) is 0 Å². The van der Waals surface area contributed by atoms with Crippen molar-refractivity contribution in [1.29, 1.82) is 0 Å². The Morgan fingerprint density at radius 2 is 2.38 bits per heavy atom. The molecule has 0 fully saturated rings. The number of thiophene rings is 1. The van der Waals surface area contributed by atoms with E-state index in [-0.39, 0.29) is 5.78 Å². The van der Waals surface area contributed by atoms with E-state index in [4.69, 9.17) is 11.6 Å². The zero-order valence-corrected chi connectivity index (χ0v) is 11.3. The van der Waals surface area contributed by atoms with Gasteiger partial charge in [-0.2, -0.15) is 0 Å². The largest absolute Gasteiger partial charge is 0.294 e. The number of carbonyl (C=O) groups excluding carboxylic acids is 1. The maximum Gasteiger partial charge on any atom is 0.168 e. The summed E-state index contributed by atoms with van der Waals surface area (Å²) in [6.07, 6.45) is 3.50. The molecule has 2 aromatic heterocycles. The van der Waals surface area contributed by atoms with E-state index in [9.17, 15) is 4.79 Å². The Kier molecular flexibility index (Phi) is 3.74. The maximum atomic E-state index is 11.9. The Morgan fingerprint density at radius 1 is 1.56 bits per heavy atom. The highest BCUT2D eigenvalue weighted by Gasteiger charge is 2.10. The minimum atomic E-state index is 0.0649. The molecular weight excluding hydrogens is 310 g/mol. The molecule has 5 heteroatoms. The molecule has 16 heavy (non-hydrogen) atoms. The molecule has 0 aliphatic rings. The van der Waals surface area contributed by atoms with Crippen molar-refractivity contribution < 1.29 is 4.79 Å². The van der Waals surface area contributed by atoms with Crippen LogP contribution in [0.5, 0.6) is 0 Å². The van der Waals surface area contributed by atoms with Gasteiger partial charge in [-0.15, -0.1) is 11.3 Å². The van der Waals surface area contributed by atoms with Gasteiger partial charge in [0.2, 0.25) is 0 Å². The van der Waals surface area contributed by atoms with Crippen LogP contribution < -0.4 is 0 Å². The van der Waals surface area contributed by atoms with E-state index < -0.39 is 0 Å². The lowest BCUT2D eigenvalue weighted by Gasteiger charge is -2.01. The van der Waals surface area contributed by atoms with Gasteiger partial charge in [0.15, 0.2) is 5.78 Å². The second-order valence-electron chi connectivity index (χ2n) is 3.21. The van der Waals surface area contributed by atoms with Gasteiger partial charge in [0.1, 0.15) is 0 Å². The van der Waals surface area contributed by atoms with Crippen molar-refractivity contribution >= 4 is 44.7 Å². The average Bonchev–Trinajstić information content (AvgIpc) is 2.68. The van der Waals surface area contributed by atoms with Crippen molar-refractivity contribution in [2.24, 2.45) is 0 Å². The Bertz CT molecular complexity index is 526. The van der Waals surface area contributed by atoms with E-state index in [1.807, 2.05) is 11.4 Å². The van der Waals surface area contributed by atoms with Crippen LogP contribution >= 0.6 is 38.9 Å². The molecule has 0 aromatic carbocycles. The molecule has 2 heterocycles. The Morgan fingerprint density at radius 3 is 3.00 bits per heavy atom. The van der Waals surface area contributed by atoms with Gasteiger partial charge in [-0.3, -0.25) is 9.78 Å². The highest BCUT2D eigenvalue weighted by molar-refractivity contribution is 9.11. The second kappa shape index (κ2) is 5.08. The van der Waals surface area contributed by atoms with Gasteiger partial charge in [-0.1, -0.05) is 11.6 Å². The molecule has 0 saturated carbocycles. The zero-order valence-electron chi connectivity index (χ0n) is 8.11. The Balaban J connectivity index is 2.17. The second-order valence-corrected chi connectivity index (χ2v) is 5.90. The summed E-state index contributed by atoms with van der Waals surface area (Å²) in [5.41, 5.74) is 1.52. The summed E-state index contributed by atoms with van der Waals surface area (Å²) in [5.74, 6) is 0.0649. The van der Waals surface area contributed by atoms with Crippen molar-refractivity contribution in [3.8, 4) is 0 Å². The lowest BCUT2D eigenvalue weighted by atomic mass is 10.1. The van der Waals surface area contributed by atoms with Crippen molar-refractivity contribution in [3.05, 3.63) is 49.8 Å². The first-order valence-corrected chi connectivity index (χ1v) is 6.57. The molecule has 2 aromatic rings. The van der Waals surface area contributed by atoms with Crippen LogP contribution in [0.15, 0.2) is 33.7 Å². The third kappa shape index (κ3) is 2.70. The van der Waals surface area contributed by atoms with E-state index in [0.717, 1.165) is 9.35 Å². The first-order chi connectivity index (χ1) is 7.66. The van der Waals surface area contributed by atoms with E-state index >= 15 is 0 Å². The summed E-state index contributed by atoms with van der Waals surface area (Å²) in [6.45, 7) is 0. The number of carbonyl (C=O) groups is 1. The molecule has 0 amide bonds. The third-order valence-electron chi connectivity index (χ3n) is 2.10. The van der Waals surface area contributed by atoms with Crippen LogP contribution in [0, 0.1) is 0 Å². The van der Waals surface area contributed by atoms with E-state index in [1.54, 1.807) is 18.5 Å². The van der Waals surface area contributed by atoms with Crippen LogP contribution in [0.25, 0.3) is 0 Å². The quantitative estimate of drug-likeness (QED) is 0.802. The van der Waals surface area contributed by atoms with Crippen molar-refractivity contribution in [2.45, 2.75) is 6.42 Å². The number of ketones is 1. The predicted molar refractivity (Wildman–Crippen MR) is 69.3 cm³/mol. The first-order valence-electron chi connectivity index (χ1n) is 4.52. The molecule has 0 unspecified atom stereocenters. The number of nitrogens with zero attached hydrogens (tertiary/aromatic N) is 1. The predicted octanol–water partition coefficient (Wildman–Crippen LogP) is 3.98. The van der Waals surface area contributed by atoms with Crippen molar-refractivity contribution in [3.63, 3.8) is 0 Å². The van der Waals surface area contributed by atoms with Crippen LogP contribution in [0.3, 0.4) is 0 Å². The minimum Gasteiger partial charge on any atom is -0.294 e. The molecule has 2 nitrogen and oxygen atoms in total. The highest BCUT2D eigenvalue weighted by Crippen LogP contribution is 2.23. The SMILES string of the molecule is O=C(Cc1ccncc1Cl)c1csc(Br)c1. The molecule has 0 atom stereocenters. The summed E-state index contributed by atoms with van der Waals surface area (Å²) in [4.78, 5) is 15.8. The molecule has 0 spiro atoms. The summed E-state index contributed by atoms with van der Waals surface area (Å²) in [7, 11) is 0. The molecule has 0 aliphatic carbocycles. The van der Waals surface area contributed by atoms with Crippen molar-refractivity contribution in [2.75, 3.05) is 0 Å². The molecule has 0 aliphatic heterocycles. The summed E-state index contributed by atoms with van der Waals surface area (Å²) in [6, 6.07) is 3.59. The molecule has 0 radical (unpaired) electrons. The number of hydrogen-bond acceptors (Lipinski definition) is 3. The molecule has 0 N–H and O–H groups in total. The van der Waals surface area contributed by atoms with Gasteiger partial charge in [-0.25, -0.2) is 0 Å². The number of pyridine rings is 1. The minimum absolute atomic E-state index is 0.0649.